The van der Waals surface area contributed by atoms with Crippen molar-refractivity contribution in [3.05, 3.63) is 59.9 Å². The Labute approximate surface area is 151 Å². The number of benzene rings is 1. The van der Waals surface area contributed by atoms with Gasteiger partial charge >= 0.3 is 0 Å². The van der Waals surface area contributed by atoms with Crippen molar-refractivity contribution in [2.24, 2.45) is 5.92 Å². The average Bonchev–Trinajstić information content (AvgIpc) is 2.54. The van der Waals surface area contributed by atoms with Crippen molar-refractivity contribution >= 4 is 5.69 Å². The van der Waals surface area contributed by atoms with Crippen LogP contribution >= 0.6 is 0 Å². The Morgan fingerprint density at radius 3 is 2.32 bits per heavy atom. The second-order valence-corrected chi connectivity index (χ2v) is 8.12. The minimum Gasteiger partial charge on any atom is -0.370 e. The Morgan fingerprint density at radius 2 is 1.68 bits per heavy atom. The Bertz CT molecular complexity index is 668. The number of pyridine rings is 1. The summed E-state index contributed by atoms with van der Waals surface area (Å²) in [6, 6.07) is 13.5. The highest BCUT2D eigenvalue weighted by Gasteiger charge is 2.30. The lowest BCUT2D eigenvalue weighted by molar-refractivity contribution is 0.140. The Balaban J connectivity index is 1.26. The number of anilines is 1. The van der Waals surface area contributed by atoms with E-state index in [9.17, 15) is 0 Å². The average molecular weight is 335 g/mol. The molecule has 2 aromatic rings. The summed E-state index contributed by atoms with van der Waals surface area (Å²) >= 11 is 0. The molecule has 0 bridgehead atoms. The maximum absolute atomic E-state index is 4.24. The molecule has 2 fully saturated rings. The van der Waals surface area contributed by atoms with E-state index in [0.717, 1.165) is 24.9 Å². The van der Waals surface area contributed by atoms with E-state index in [0.29, 0.717) is 5.92 Å². The normalized spacial score (nSPS) is 19.1. The number of likely N-dealkylation sites (tertiary alicyclic amines) is 1. The number of nitrogens with zero attached hydrogens (tertiary/aromatic N) is 3. The molecule has 2 saturated heterocycles. The van der Waals surface area contributed by atoms with Gasteiger partial charge in [-0.05, 0) is 48.2 Å². The third-order valence-electron chi connectivity index (χ3n) is 5.75. The quantitative estimate of drug-likeness (QED) is 0.791. The van der Waals surface area contributed by atoms with Crippen molar-refractivity contribution in [3.8, 4) is 0 Å². The molecule has 2 aliphatic heterocycles. The SMILES string of the molecule is CC(C)CCN1CC(c2ccc(N3CC(c4cccnc4)C3)cc2)C1. The summed E-state index contributed by atoms with van der Waals surface area (Å²) in [6.07, 6.45) is 5.18. The predicted molar refractivity (Wildman–Crippen MR) is 104 cm³/mol. The Morgan fingerprint density at radius 1 is 0.960 bits per heavy atom. The summed E-state index contributed by atoms with van der Waals surface area (Å²) in [7, 11) is 0. The highest BCUT2D eigenvalue weighted by Crippen LogP contribution is 2.33. The van der Waals surface area contributed by atoms with Gasteiger partial charge < -0.3 is 9.80 Å². The van der Waals surface area contributed by atoms with Gasteiger partial charge in [0.1, 0.15) is 0 Å². The summed E-state index contributed by atoms with van der Waals surface area (Å²) in [5.41, 5.74) is 4.24. The molecule has 3 heteroatoms. The van der Waals surface area contributed by atoms with Crippen LogP contribution in [0.15, 0.2) is 48.8 Å². The Kier molecular flexibility index (Phi) is 4.76. The van der Waals surface area contributed by atoms with Gasteiger partial charge in [0.25, 0.3) is 0 Å². The lowest BCUT2D eigenvalue weighted by Crippen LogP contribution is -2.46. The molecular formula is C22H29N3. The van der Waals surface area contributed by atoms with E-state index >= 15 is 0 Å². The Hall–Kier alpha value is -1.87. The molecule has 2 aliphatic rings. The van der Waals surface area contributed by atoms with Crippen LogP contribution in [0.25, 0.3) is 0 Å². The minimum absolute atomic E-state index is 0.634. The molecule has 0 atom stereocenters. The lowest BCUT2D eigenvalue weighted by atomic mass is 9.89. The molecule has 3 heterocycles. The maximum atomic E-state index is 4.24. The van der Waals surface area contributed by atoms with E-state index in [1.165, 1.54) is 42.9 Å². The van der Waals surface area contributed by atoms with Crippen LogP contribution in [0.4, 0.5) is 5.69 Å². The van der Waals surface area contributed by atoms with Gasteiger partial charge in [-0.1, -0.05) is 32.0 Å². The molecule has 0 unspecified atom stereocenters. The summed E-state index contributed by atoms with van der Waals surface area (Å²) in [4.78, 5) is 9.30. The molecule has 0 spiro atoms. The number of hydrogen-bond acceptors (Lipinski definition) is 3. The van der Waals surface area contributed by atoms with Crippen molar-refractivity contribution in [1.82, 2.24) is 9.88 Å². The fourth-order valence-electron chi connectivity index (χ4n) is 3.88. The van der Waals surface area contributed by atoms with Crippen LogP contribution in [0.3, 0.4) is 0 Å². The van der Waals surface area contributed by atoms with E-state index in [-0.39, 0.29) is 0 Å². The molecule has 0 saturated carbocycles. The lowest BCUT2D eigenvalue weighted by Gasteiger charge is -2.42. The van der Waals surface area contributed by atoms with Crippen molar-refractivity contribution in [3.63, 3.8) is 0 Å². The van der Waals surface area contributed by atoms with E-state index in [2.05, 4.69) is 59.0 Å². The van der Waals surface area contributed by atoms with E-state index in [1.807, 2.05) is 18.5 Å². The molecule has 0 amide bonds. The molecule has 3 nitrogen and oxygen atoms in total. The first kappa shape index (κ1) is 16.6. The molecule has 25 heavy (non-hydrogen) atoms. The number of hydrogen-bond donors (Lipinski definition) is 0. The zero-order valence-electron chi connectivity index (χ0n) is 15.4. The molecule has 0 aliphatic carbocycles. The number of aromatic nitrogens is 1. The smallest absolute Gasteiger partial charge is 0.0366 e. The van der Waals surface area contributed by atoms with Gasteiger partial charge in [-0.25, -0.2) is 0 Å². The zero-order chi connectivity index (χ0) is 17.2. The fourth-order valence-corrected chi connectivity index (χ4v) is 3.88. The molecule has 4 rings (SSSR count). The van der Waals surface area contributed by atoms with Crippen LogP contribution in [0, 0.1) is 5.92 Å². The van der Waals surface area contributed by atoms with Crippen molar-refractivity contribution < 1.29 is 0 Å². The van der Waals surface area contributed by atoms with E-state index in [1.54, 1.807) is 0 Å². The number of rotatable bonds is 6. The summed E-state index contributed by atoms with van der Waals surface area (Å²) in [5.74, 6) is 2.18. The second kappa shape index (κ2) is 7.17. The first-order chi connectivity index (χ1) is 12.2. The third-order valence-corrected chi connectivity index (χ3v) is 5.75. The van der Waals surface area contributed by atoms with Crippen LogP contribution in [-0.4, -0.2) is 42.6 Å². The van der Waals surface area contributed by atoms with Crippen LogP contribution in [0.5, 0.6) is 0 Å². The van der Waals surface area contributed by atoms with E-state index < -0.39 is 0 Å². The predicted octanol–water partition coefficient (Wildman–Crippen LogP) is 4.13. The molecular weight excluding hydrogens is 306 g/mol. The highest BCUT2D eigenvalue weighted by molar-refractivity contribution is 5.52. The first-order valence-corrected chi connectivity index (χ1v) is 9.66. The van der Waals surface area contributed by atoms with Crippen LogP contribution < -0.4 is 4.90 Å². The van der Waals surface area contributed by atoms with Gasteiger partial charge in [-0.2, -0.15) is 0 Å². The zero-order valence-corrected chi connectivity index (χ0v) is 15.4. The van der Waals surface area contributed by atoms with Crippen LogP contribution in [-0.2, 0) is 0 Å². The molecule has 1 aromatic heterocycles. The fraction of sp³-hybridized carbons (Fsp3) is 0.500. The van der Waals surface area contributed by atoms with Gasteiger partial charge in [-0.15, -0.1) is 0 Å². The third kappa shape index (κ3) is 3.72. The minimum atomic E-state index is 0.634. The second-order valence-electron chi connectivity index (χ2n) is 8.12. The summed E-state index contributed by atoms with van der Waals surface area (Å²) in [6.45, 7) is 10.6. The maximum Gasteiger partial charge on any atom is 0.0366 e. The highest BCUT2D eigenvalue weighted by atomic mass is 15.2. The van der Waals surface area contributed by atoms with E-state index in [4.69, 9.17) is 0 Å². The topological polar surface area (TPSA) is 19.4 Å². The molecule has 1 aromatic carbocycles. The van der Waals surface area contributed by atoms with Crippen molar-refractivity contribution in [2.45, 2.75) is 32.1 Å². The van der Waals surface area contributed by atoms with Gasteiger partial charge in [0.15, 0.2) is 0 Å². The van der Waals surface area contributed by atoms with Gasteiger partial charge in [-0.3, -0.25) is 4.98 Å². The standard InChI is InChI=1S/C22H29N3/c1-17(2)9-11-24-13-20(14-24)18-5-7-22(8-6-18)25-15-21(16-25)19-4-3-10-23-12-19/h3-8,10,12,17,20-21H,9,11,13-16H2,1-2H3. The monoisotopic (exact) mass is 335 g/mol. The van der Waals surface area contributed by atoms with Gasteiger partial charge in [0, 0.05) is 56.1 Å². The van der Waals surface area contributed by atoms with Crippen molar-refractivity contribution in [1.29, 1.82) is 0 Å². The van der Waals surface area contributed by atoms with Crippen LogP contribution in [0.1, 0.15) is 43.2 Å². The summed E-state index contributed by atoms with van der Waals surface area (Å²) < 4.78 is 0. The van der Waals surface area contributed by atoms with Gasteiger partial charge in [0.05, 0.1) is 0 Å². The van der Waals surface area contributed by atoms with Gasteiger partial charge in [0.2, 0.25) is 0 Å². The largest absolute Gasteiger partial charge is 0.370 e. The molecule has 0 N–H and O–H groups in total. The summed E-state index contributed by atoms with van der Waals surface area (Å²) in [5, 5.41) is 0. The first-order valence-electron chi connectivity index (χ1n) is 9.66. The van der Waals surface area contributed by atoms with Crippen molar-refractivity contribution in [2.75, 3.05) is 37.6 Å². The molecule has 132 valence electrons. The molecule has 0 radical (unpaired) electrons. The van der Waals surface area contributed by atoms with Crippen LogP contribution in [0.2, 0.25) is 0 Å².